The Hall–Kier alpha value is -2.27. The van der Waals surface area contributed by atoms with Crippen LogP contribution in [0.4, 0.5) is 13.2 Å². The Labute approximate surface area is 159 Å². The van der Waals surface area contributed by atoms with Gasteiger partial charge in [0.05, 0.1) is 18.9 Å². The topological polar surface area (TPSA) is 89.6 Å². The van der Waals surface area contributed by atoms with Crippen molar-refractivity contribution >= 4 is 0 Å². The van der Waals surface area contributed by atoms with Crippen molar-refractivity contribution in [3.63, 3.8) is 0 Å². The van der Waals surface area contributed by atoms with Crippen molar-refractivity contribution in [2.75, 3.05) is 13.7 Å². The van der Waals surface area contributed by atoms with Gasteiger partial charge in [0.25, 0.3) is 0 Å². The SMILES string of the molecule is C=CC[C@H]1O[C@H](CO)[C@H](O)[C@H](n2cc(-c3cc(F)c(F)c(F)c3)nn2)[C@H]1OC. The van der Waals surface area contributed by atoms with Crippen LogP contribution >= 0.6 is 0 Å². The van der Waals surface area contributed by atoms with E-state index in [0.717, 1.165) is 12.1 Å². The second kappa shape index (κ2) is 8.39. The quantitative estimate of drug-likeness (QED) is 0.567. The predicted octanol–water partition coefficient (Wildman–Crippen LogP) is 1.62. The molecule has 7 nitrogen and oxygen atoms in total. The van der Waals surface area contributed by atoms with E-state index in [1.807, 2.05) is 0 Å². The molecular formula is C18H20F3N3O4. The van der Waals surface area contributed by atoms with E-state index in [9.17, 15) is 23.4 Å². The maximum absolute atomic E-state index is 13.5. The fourth-order valence-electron chi connectivity index (χ4n) is 3.38. The molecule has 1 aliphatic rings. The summed E-state index contributed by atoms with van der Waals surface area (Å²) in [4.78, 5) is 0. The van der Waals surface area contributed by atoms with Crippen LogP contribution in [0.15, 0.2) is 31.0 Å². The lowest BCUT2D eigenvalue weighted by atomic mass is 9.91. The third-order valence-electron chi connectivity index (χ3n) is 4.73. The summed E-state index contributed by atoms with van der Waals surface area (Å²) < 4.78 is 52.7. The number of hydrogen-bond donors (Lipinski definition) is 2. The second-order valence-corrected chi connectivity index (χ2v) is 6.44. The number of rotatable bonds is 6. The molecule has 0 spiro atoms. The van der Waals surface area contributed by atoms with Crippen LogP contribution in [0.5, 0.6) is 0 Å². The summed E-state index contributed by atoms with van der Waals surface area (Å²) >= 11 is 0. The highest BCUT2D eigenvalue weighted by atomic mass is 19.2. The number of benzene rings is 1. The minimum absolute atomic E-state index is 0.0143. The third kappa shape index (κ3) is 3.68. The summed E-state index contributed by atoms with van der Waals surface area (Å²) in [5, 5.41) is 28.0. The Morgan fingerprint density at radius 1 is 1.29 bits per heavy atom. The van der Waals surface area contributed by atoms with Gasteiger partial charge in [-0.15, -0.1) is 11.7 Å². The zero-order valence-electron chi connectivity index (χ0n) is 15.0. The highest BCUT2D eigenvalue weighted by Crippen LogP contribution is 2.34. The van der Waals surface area contributed by atoms with Crippen molar-refractivity contribution in [3.05, 3.63) is 48.4 Å². The molecule has 5 atom stereocenters. The molecule has 3 rings (SSSR count). The minimum Gasteiger partial charge on any atom is -0.394 e. The van der Waals surface area contributed by atoms with E-state index in [2.05, 4.69) is 16.9 Å². The van der Waals surface area contributed by atoms with Gasteiger partial charge in [-0.25, -0.2) is 17.9 Å². The Kier molecular flexibility index (Phi) is 6.14. The summed E-state index contributed by atoms with van der Waals surface area (Å²) in [5.41, 5.74) is 0.0617. The maximum Gasteiger partial charge on any atom is 0.194 e. The normalized spacial score (nSPS) is 27.7. The van der Waals surface area contributed by atoms with Crippen molar-refractivity contribution in [3.8, 4) is 11.3 Å². The van der Waals surface area contributed by atoms with Crippen LogP contribution in [0.3, 0.4) is 0 Å². The lowest BCUT2D eigenvalue weighted by Gasteiger charge is -2.43. The van der Waals surface area contributed by atoms with Crippen molar-refractivity contribution in [2.45, 2.75) is 36.9 Å². The Bertz CT molecular complexity index is 824. The highest BCUT2D eigenvalue weighted by Gasteiger charge is 2.46. The molecule has 152 valence electrons. The molecule has 1 aromatic carbocycles. The largest absolute Gasteiger partial charge is 0.394 e. The molecule has 0 unspecified atom stereocenters. The van der Waals surface area contributed by atoms with Gasteiger partial charge in [0.2, 0.25) is 0 Å². The van der Waals surface area contributed by atoms with Crippen LogP contribution in [0.1, 0.15) is 12.5 Å². The molecule has 0 bridgehead atoms. The minimum atomic E-state index is -1.58. The molecule has 0 saturated carbocycles. The molecule has 2 heterocycles. The lowest BCUT2D eigenvalue weighted by Crippen LogP contribution is -2.56. The summed E-state index contributed by atoms with van der Waals surface area (Å²) in [7, 11) is 1.44. The zero-order chi connectivity index (χ0) is 20.4. The van der Waals surface area contributed by atoms with Crippen molar-refractivity contribution in [1.82, 2.24) is 15.0 Å². The van der Waals surface area contributed by atoms with Gasteiger partial charge < -0.3 is 19.7 Å². The van der Waals surface area contributed by atoms with Crippen LogP contribution in [0, 0.1) is 17.5 Å². The predicted molar refractivity (Wildman–Crippen MR) is 91.7 cm³/mol. The molecule has 1 saturated heterocycles. The molecule has 0 amide bonds. The summed E-state index contributed by atoms with van der Waals surface area (Å²) in [6.07, 6.45) is 0.122. The smallest absolute Gasteiger partial charge is 0.194 e. The van der Waals surface area contributed by atoms with Crippen LogP contribution in [-0.4, -0.2) is 63.3 Å². The summed E-state index contributed by atoms with van der Waals surface area (Å²) in [6.45, 7) is 3.23. The first-order valence-corrected chi connectivity index (χ1v) is 8.56. The van der Waals surface area contributed by atoms with Crippen LogP contribution in [-0.2, 0) is 9.47 Å². The van der Waals surface area contributed by atoms with Gasteiger partial charge in [-0.05, 0) is 18.6 Å². The van der Waals surface area contributed by atoms with Crippen LogP contribution in [0.2, 0.25) is 0 Å². The van der Waals surface area contributed by atoms with Gasteiger partial charge in [-0.1, -0.05) is 11.3 Å². The van der Waals surface area contributed by atoms with E-state index in [4.69, 9.17) is 9.47 Å². The van der Waals surface area contributed by atoms with Gasteiger partial charge in [0, 0.05) is 12.7 Å². The van der Waals surface area contributed by atoms with Gasteiger partial charge in [-0.3, -0.25) is 0 Å². The van der Waals surface area contributed by atoms with Crippen molar-refractivity contribution < 1.29 is 32.9 Å². The standard InChI is InChI=1S/C18H20F3N3O4/c1-3-4-13-18(27-2)16(17(26)14(8-25)28-13)24-7-12(22-23-24)9-5-10(19)15(21)11(20)6-9/h3,5-7,13-14,16-18,25-26H,1,4,8H2,2H3/t13-,14-,16+,17+,18+/m1/s1. The van der Waals surface area contributed by atoms with Crippen LogP contribution in [0.25, 0.3) is 11.3 Å². The molecule has 2 N–H and O–H groups in total. The fraction of sp³-hybridized carbons (Fsp3) is 0.444. The molecule has 2 aromatic rings. The van der Waals surface area contributed by atoms with Gasteiger partial charge in [0.1, 0.15) is 30.0 Å². The molecule has 0 aliphatic carbocycles. The maximum atomic E-state index is 13.5. The number of hydrogen-bond acceptors (Lipinski definition) is 6. The molecule has 1 fully saturated rings. The number of aliphatic hydroxyl groups excluding tert-OH is 2. The van der Waals surface area contributed by atoms with Crippen LogP contribution < -0.4 is 0 Å². The Balaban J connectivity index is 1.98. The first kappa shape index (κ1) is 20.5. The molecule has 10 heteroatoms. The lowest BCUT2D eigenvalue weighted by molar-refractivity contribution is -0.211. The van der Waals surface area contributed by atoms with E-state index < -0.39 is 54.5 Å². The van der Waals surface area contributed by atoms with E-state index in [-0.39, 0.29) is 11.3 Å². The van der Waals surface area contributed by atoms with Crippen molar-refractivity contribution in [2.24, 2.45) is 0 Å². The third-order valence-corrected chi connectivity index (χ3v) is 4.73. The number of methoxy groups -OCH3 is 1. The number of aromatic nitrogens is 3. The van der Waals surface area contributed by atoms with Gasteiger partial charge in [0.15, 0.2) is 17.5 Å². The number of nitrogens with zero attached hydrogens (tertiary/aromatic N) is 3. The first-order chi connectivity index (χ1) is 13.4. The Morgan fingerprint density at radius 3 is 2.54 bits per heavy atom. The van der Waals surface area contributed by atoms with Gasteiger partial charge >= 0.3 is 0 Å². The van der Waals surface area contributed by atoms with E-state index in [1.54, 1.807) is 6.08 Å². The molecular weight excluding hydrogens is 379 g/mol. The number of ether oxygens (including phenoxy) is 2. The number of halogens is 3. The second-order valence-electron chi connectivity index (χ2n) is 6.44. The highest BCUT2D eigenvalue weighted by molar-refractivity contribution is 5.57. The van der Waals surface area contributed by atoms with E-state index in [0.29, 0.717) is 6.42 Å². The fourth-order valence-corrected chi connectivity index (χ4v) is 3.38. The van der Waals surface area contributed by atoms with E-state index in [1.165, 1.54) is 18.0 Å². The molecule has 1 aromatic heterocycles. The molecule has 0 radical (unpaired) electrons. The monoisotopic (exact) mass is 399 g/mol. The van der Waals surface area contributed by atoms with E-state index >= 15 is 0 Å². The first-order valence-electron chi connectivity index (χ1n) is 8.56. The molecule has 28 heavy (non-hydrogen) atoms. The summed E-state index contributed by atoms with van der Waals surface area (Å²) in [6, 6.07) is 0.813. The number of aliphatic hydroxyl groups is 2. The average Bonchev–Trinajstić information content (AvgIpc) is 3.16. The molecule has 1 aliphatic heterocycles. The summed E-state index contributed by atoms with van der Waals surface area (Å²) in [5.74, 6) is -4.28. The Morgan fingerprint density at radius 2 is 1.96 bits per heavy atom. The van der Waals surface area contributed by atoms with Crippen molar-refractivity contribution in [1.29, 1.82) is 0 Å². The van der Waals surface area contributed by atoms with Gasteiger partial charge in [-0.2, -0.15) is 0 Å². The average molecular weight is 399 g/mol. The zero-order valence-corrected chi connectivity index (χ0v) is 15.0.